The zero-order chi connectivity index (χ0) is 12.1. The third-order valence-corrected chi connectivity index (χ3v) is 3.48. The largest absolute Gasteiger partial charge is 0.496 e. The molecule has 0 saturated carbocycles. The highest BCUT2D eigenvalue weighted by Crippen LogP contribution is 2.30. The summed E-state index contributed by atoms with van der Waals surface area (Å²) in [4.78, 5) is 0. The minimum atomic E-state index is 0.424. The molecule has 2 heteroatoms. The summed E-state index contributed by atoms with van der Waals surface area (Å²) >= 11 is 0. The van der Waals surface area contributed by atoms with Gasteiger partial charge in [0.2, 0.25) is 0 Å². The summed E-state index contributed by atoms with van der Waals surface area (Å²) in [6.07, 6.45) is 0.971. The Kier molecular flexibility index (Phi) is 4.17. The minimum absolute atomic E-state index is 0.424. The smallest absolute Gasteiger partial charge is 0.122 e. The molecule has 0 saturated heterocycles. The van der Waals surface area contributed by atoms with E-state index in [-0.39, 0.29) is 0 Å². The SMILES string of the molecule is COc1ccccc1CC(P)c1ccccc1. The zero-order valence-corrected chi connectivity index (χ0v) is 11.1. The predicted molar refractivity (Wildman–Crippen MR) is 75.6 cm³/mol. The van der Waals surface area contributed by atoms with Gasteiger partial charge < -0.3 is 4.74 Å². The van der Waals surface area contributed by atoms with Crippen molar-refractivity contribution in [1.82, 2.24) is 0 Å². The Morgan fingerprint density at radius 1 is 1.00 bits per heavy atom. The molecule has 0 spiro atoms. The molecule has 0 aromatic heterocycles. The molecule has 0 N–H and O–H groups in total. The molecule has 2 aromatic rings. The van der Waals surface area contributed by atoms with E-state index in [1.54, 1.807) is 7.11 Å². The van der Waals surface area contributed by atoms with Crippen molar-refractivity contribution < 1.29 is 4.74 Å². The molecule has 2 aromatic carbocycles. The maximum absolute atomic E-state index is 5.37. The van der Waals surface area contributed by atoms with Crippen molar-refractivity contribution in [2.75, 3.05) is 7.11 Å². The molecule has 0 bridgehead atoms. The molecule has 0 radical (unpaired) electrons. The molecule has 0 aliphatic rings. The maximum atomic E-state index is 5.37. The monoisotopic (exact) mass is 244 g/mol. The van der Waals surface area contributed by atoms with E-state index in [1.165, 1.54) is 11.1 Å². The lowest BCUT2D eigenvalue weighted by molar-refractivity contribution is 0.409. The molecular weight excluding hydrogens is 227 g/mol. The average molecular weight is 244 g/mol. The van der Waals surface area contributed by atoms with Crippen LogP contribution in [-0.4, -0.2) is 7.11 Å². The van der Waals surface area contributed by atoms with E-state index in [1.807, 2.05) is 18.2 Å². The Morgan fingerprint density at radius 2 is 1.65 bits per heavy atom. The Bertz CT molecular complexity index is 467. The molecule has 1 nitrogen and oxygen atoms in total. The van der Waals surface area contributed by atoms with Gasteiger partial charge in [0, 0.05) is 5.66 Å². The Hall–Kier alpha value is -1.33. The van der Waals surface area contributed by atoms with E-state index in [0.717, 1.165) is 12.2 Å². The fraction of sp³-hybridized carbons (Fsp3) is 0.200. The van der Waals surface area contributed by atoms with Crippen LogP contribution in [0.25, 0.3) is 0 Å². The predicted octanol–water partition coefficient (Wildman–Crippen LogP) is 3.85. The van der Waals surface area contributed by atoms with Crippen LogP contribution in [0.2, 0.25) is 0 Å². The number of ether oxygens (including phenoxy) is 1. The number of hydrogen-bond donors (Lipinski definition) is 0. The van der Waals surface area contributed by atoms with Gasteiger partial charge in [-0.2, -0.15) is 0 Å². The van der Waals surface area contributed by atoms with Crippen LogP contribution in [0.5, 0.6) is 5.75 Å². The summed E-state index contributed by atoms with van der Waals surface area (Å²) in [5, 5.41) is 0. The first kappa shape index (κ1) is 12.1. The second kappa shape index (κ2) is 5.84. The molecule has 2 rings (SSSR count). The summed E-state index contributed by atoms with van der Waals surface area (Å²) in [5.41, 5.74) is 3.01. The molecule has 88 valence electrons. The van der Waals surface area contributed by atoms with Gasteiger partial charge >= 0.3 is 0 Å². The van der Waals surface area contributed by atoms with E-state index >= 15 is 0 Å². The summed E-state index contributed by atoms with van der Waals surface area (Å²) in [7, 11) is 4.63. The normalized spacial score (nSPS) is 12.1. The molecule has 0 heterocycles. The molecule has 0 aliphatic carbocycles. The van der Waals surface area contributed by atoms with Gasteiger partial charge in [-0.1, -0.05) is 48.5 Å². The fourth-order valence-corrected chi connectivity index (χ4v) is 2.40. The second-order valence-corrected chi connectivity index (χ2v) is 4.84. The summed E-state index contributed by atoms with van der Waals surface area (Å²) in [6, 6.07) is 18.7. The van der Waals surface area contributed by atoms with E-state index in [2.05, 4.69) is 45.6 Å². The number of benzene rings is 2. The van der Waals surface area contributed by atoms with Crippen molar-refractivity contribution in [1.29, 1.82) is 0 Å². The topological polar surface area (TPSA) is 9.23 Å². The van der Waals surface area contributed by atoms with Gasteiger partial charge in [0.25, 0.3) is 0 Å². The lowest BCUT2D eigenvalue weighted by Gasteiger charge is -2.14. The molecule has 2 atom stereocenters. The first-order chi connectivity index (χ1) is 8.31. The lowest BCUT2D eigenvalue weighted by Crippen LogP contribution is -1.97. The van der Waals surface area contributed by atoms with Gasteiger partial charge in [-0.3, -0.25) is 0 Å². The number of hydrogen-bond acceptors (Lipinski definition) is 1. The number of rotatable bonds is 4. The summed E-state index contributed by atoms with van der Waals surface area (Å²) < 4.78 is 5.37. The van der Waals surface area contributed by atoms with Crippen LogP contribution in [0.4, 0.5) is 0 Å². The molecule has 17 heavy (non-hydrogen) atoms. The van der Waals surface area contributed by atoms with Gasteiger partial charge in [-0.25, -0.2) is 0 Å². The highest BCUT2D eigenvalue weighted by molar-refractivity contribution is 7.17. The van der Waals surface area contributed by atoms with E-state index in [0.29, 0.717) is 5.66 Å². The van der Waals surface area contributed by atoms with Gasteiger partial charge in [-0.15, -0.1) is 9.24 Å². The quantitative estimate of drug-likeness (QED) is 0.742. The molecule has 2 unspecified atom stereocenters. The van der Waals surface area contributed by atoms with Crippen molar-refractivity contribution in [3.05, 3.63) is 65.7 Å². The maximum Gasteiger partial charge on any atom is 0.122 e. The molecule has 0 aliphatic heterocycles. The van der Waals surface area contributed by atoms with Gasteiger partial charge in [0.1, 0.15) is 5.75 Å². The highest BCUT2D eigenvalue weighted by Gasteiger charge is 2.09. The average Bonchev–Trinajstić information content (AvgIpc) is 2.40. The minimum Gasteiger partial charge on any atom is -0.496 e. The first-order valence-electron chi connectivity index (χ1n) is 5.73. The van der Waals surface area contributed by atoms with Gasteiger partial charge in [-0.05, 0) is 23.6 Å². The van der Waals surface area contributed by atoms with Crippen LogP contribution in [-0.2, 0) is 6.42 Å². The van der Waals surface area contributed by atoms with Crippen molar-refractivity contribution in [2.24, 2.45) is 0 Å². The molecule has 0 fully saturated rings. The molecular formula is C15H17OP. The first-order valence-corrected chi connectivity index (χ1v) is 6.40. The van der Waals surface area contributed by atoms with Gasteiger partial charge in [0.15, 0.2) is 0 Å². The van der Waals surface area contributed by atoms with Crippen molar-refractivity contribution in [3.63, 3.8) is 0 Å². The Labute approximate surface area is 105 Å². The van der Waals surface area contributed by atoms with Crippen LogP contribution in [0.3, 0.4) is 0 Å². The van der Waals surface area contributed by atoms with E-state index in [4.69, 9.17) is 4.74 Å². The molecule has 0 amide bonds. The van der Waals surface area contributed by atoms with E-state index in [9.17, 15) is 0 Å². The van der Waals surface area contributed by atoms with E-state index < -0.39 is 0 Å². The zero-order valence-electron chi connectivity index (χ0n) is 9.97. The lowest BCUT2D eigenvalue weighted by atomic mass is 10.0. The third-order valence-electron chi connectivity index (χ3n) is 2.86. The third kappa shape index (κ3) is 3.08. The van der Waals surface area contributed by atoms with Crippen LogP contribution >= 0.6 is 9.24 Å². The van der Waals surface area contributed by atoms with Crippen molar-refractivity contribution in [3.8, 4) is 5.75 Å². The second-order valence-electron chi connectivity index (χ2n) is 4.03. The fourth-order valence-electron chi connectivity index (χ4n) is 1.93. The van der Waals surface area contributed by atoms with Crippen LogP contribution in [0.1, 0.15) is 16.8 Å². The van der Waals surface area contributed by atoms with Crippen LogP contribution in [0.15, 0.2) is 54.6 Å². The summed E-state index contributed by atoms with van der Waals surface area (Å²) in [5.74, 6) is 0.968. The number of para-hydroxylation sites is 1. The highest BCUT2D eigenvalue weighted by atomic mass is 31.0. The van der Waals surface area contributed by atoms with Crippen molar-refractivity contribution >= 4 is 9.24 Å². The van der Waals surface area contributed by atoms with Crippen LogP contribution < -0.4 is 4.74 Å². The van der Waals surface area contributed by atoms with Gasteiger partial charge in [0.05, 0.1) is 7.11 Å². The van der Waals surface area contributed by atoms with Crippen molar-refractivity contribution in [2.45, 2.75) is 12.1 Å². The Morgan fingerprint density at radius 3 is 2.35 bits per heavy atom. The van der Waals surface area contributed by atoms with Crippen LogP contribution in [0, 0.1) is 0 Å². The number of methoxy groups -OCH3 is 1. The standard InChI is InChI=1S/C15H17OP/c1-16-14-10-6-5-9-13(14)11-15(17)12-7-3-2-4-8-12/h2-10,15H,11,17H2,1H3. The summed E-state index contributed by atoms with van der Waals surface area (Å²) in [6.45, 7) is 0. The Balaban J connectivity index is 2.16.